The van der Waals surface area contributed by atoms with Crippen molar-refractivity contribution in [2.75, 3.05) is 19.8 Å². The SMILES string of the molecule is N[C@@H]1[C@@H](O)[C@H](O[C@@H]2O[C@H](C(=O)O)[C@@H](O[C@H]3O[C@H](COS(=O)(=O)O)[C@@H](O[C@@H]4O[C@H](C(=O)O)[C@@H](O[C@H]5O[C@H](COS(=O)(=O)O)[C@@H](O)[C@H](O)[C@H]5N)[C@H](O)[C@H]4O)[C@H](OS(=O)(=O)O)[C@H]3N)[C@H](O)[C@H]2OS(=O)(=O)O)[C@@H](COS(=O)(=O)O)O[C@@H]1O. The summed E-state index contributed by atoms with van der Waals surface area (Å²) in [6.45, 7) is -4.32. The number of carbonyl (C=O) groups is 2. The van der Waals surface area contributed by atoms with Crippen LogP contribution in [-0.4, -0.2) is 296 Å². The third-order valence-electron chi connectivity index (χ3n) is 11.5. The molecule has 0 amide bonds. The Kier molecular flexibility index (Phi) is 21.7. The zero-order valence-electron chi connectivity index (χ0n) is 38.2. The third kappa shape index (κ3) is 17.3. The molecule has 5 fully saturated rings. The number of aliphatic hydroxyl groups is 7. The summed E-state index contributed by atoms with van der Waals surface area (Å²) in [4.78, 5) is 25.3. The first-order chi connectivity index (χ1) is 35.6. The predicted octanol–water partition coefficient (Wildman–Crippen LogP) is -12.7. The highest BCUT2D eigenvalue weighted by atomic mass is 32.3. The van der Waals surface area contributed by atoms with Crippen molar-refractivity contribution in [2.45, 2.75) is 153 Å². The Hall–Kier alpha value is -2.47. The molecule has 0 spiro atoms. The normalized spacial score (nSPS) is 42.5. The minimum atomic E-state index is -5.95. The van der Waals surface area contributed by atoms with Crippen LogP contribution < -0.4 is 17.2 Å². The van der Waals surface area contributed by atoms with Crippen LogP contribution >= 0.6 is 0 Å². The molecule has 0 saturated carbocycles. The summed E-state index contributed by atoms with van der Waals surface area (Å²) in [5.41, 5.74) is 17.7. The van der Waals surface area contributed by atoms with E-state index in [1.165, 1.54) is 0 Å². The van der Waals surface area contributed by atoms with Crippen LogP contribution in [0.25, 0.3) is 0 Å². The van der Waals surface area contributed by atoms with Gasteiger partial charge >= 0.3 is 63.9 Å². The zero-order chi connectivity index (χ0) is 59.1. The number of hydrogen-bond acceptors (Lipinski definition) is 36. The average Bonchev–Trinajstić information content (AvgIpc) is 3.29. The first-order valence-corrected chi connectivity index (χ1v) is 28.0. The van der Waals surface area contributed by atoms with Gasteiger partial charge in [0.25, 0.3) is 0 Å². The molecule has 0 radical (unpaired) electrons. The molecule has 0 aromatic carbocycles. The van der Waals surface area contributed by atoms with Gasteiger partial charge in [0, 0.05) is 0 Å². The molecular formula is C30H51N3O40S5. The van der Waals surface area contributed by atoms with Gasteiger partial charge in [-0.1, -0.05) is 0 Å². The maximum atomic E-state index is 12.7. The number of ether oxygens (including phenoxy) is 9. The molecule has 5 aliphatic heterocycles. The van der Waals surface area contributed by atoms with Gasteiger partial charge in [0.1, 0.15) is 85.5 Å². The van der Waals surface area contributed by atoms with E-state index in [1.807, 2.05) is 0 Å². The second-order valence-electron chi connectivity index (χ2n) is 16.9. The van der Waals surface area contributed by atoms with Crippen LogP contribution in [0, 0.1) is 0 Å². The molecule has 0 aliphatic carbocycles. The van der Waals surface area contributed by atoms with Gasteiger partial charge in [-0.15, -0.1) is 0 Å². The van der Waals surface area contributed by atoms with Gasteiger partial charge in [0.2, 0.25) is 0 Å². The van der Waals surface area contributed by atoms with Crippen LogP contribution in [0.4, 0.5) is 0 Å². The molecule has 78 heavy (non-hydrogen) atoms. The molecule has 0 aromatic rings. The topological polar surface area (TPSA) is 695 Å². The van der Waals surface area contributed by atoms with Crippen molar-refractivity contribution in [3.8, 4) is 0 Å². The summed E-state index contributed by atoms with van der Waals surface area (Å²) in [6, 6.07) is -6.36. The van der Waals surface area contributed by atoms with E-state index in [4.69, 9.17) is 68.9 Å². The molecule has 5 heterocycles. The number of carboxylic acids is 2. The molecule has 43 nitrogen and oxygen atoms in total. The van der Waals surface area contributed by atoms with Crippen LogP contribution in [-0.2, 0) is 125 Å². The minimum absolute atomic E-state index is 1.25. The Balaban J connectivity index is 1.47. The number of aliphatic hydroxyl groups excluding tert-OH is 7. The molecule has 48 heteroatoms. The molecule has 0 bridgehead atoms. The standard InChI is InChI=1S/C30H51N3O40S5/c31-7-12(36)16(5(63-26(7)44)2-61-75(48,49)50)66-30-21(73-78(57,58)59)15(39)20(23(71-30)25(42)43)69-28-9(33)18(72-77(54,55)56)17(6(65-28)3-62-76(51,52)53)67-29-14(38)13(37)19(22(70-29)24(40)41)68-27-8(32)11(35)10(34)4(64-27)1-60-74(45,46)47/h4-23,26-30,34-39,44H,1-3,31-33H2,(H,40,41)(H,42,43)(H,45,46,47)(H,48,49,50)(H,51,52,53)(H,54,55,56)(H,57,58,59)/t4-,5-,6-,7-,8-,9-,10-,11-,12-,13-,14-,15+,16-,17-,18-,19+,20+,21-,22+,23+,26+,27-,28-,29-,30-/m1/s1. The molecule has 5 saturated heterocycles. The molecule has 5 aliphatic rings. The highest BCUT2D eigenvalue weighted by Gasteiger charge is 2.60. The van der Waals surface area contributed by atoms with Gasteiger partial charge in [0.15, 0.2) is 49.8 Å². The van der Waals surface area contributed by atoms with Gasteiger partial charge in [0.05, 0.1) is 37.9 Å². The van der Waals surface area contributed by atoms with Crippen molar-refractivity contribution in [3.05, 3.63) is 0 Å². The van der Waals surface area contributed by atoms with Crippen molar-refractivity contribution in [1.29, 1.82) is 0 Å². The van der Waals surface area contributed by atoms with E-state index >= 15 is 0 Å². The number of rotatable bonds is 23. The van der Waals surface area contributed by atoms with E-state index in [2.05, 4.69) is 20.9 Å². The van der Waals surface area contributed by atoms with Crippen LogP contribution in [0.1, 0.15) is 0 Å². The van der Waals surface area contributed by atoms with Gasteiger partial charge in [-0.3, -0.25) is 22.8 Å². The first-order valence-electron chi connectivity index (χ1n) is 21.1. The molecule has 5 rings (SSSR count). The summed E-state index contributed by atoms with van der Waals surface area (Å²) in [7, 11) is -28.1. The van der Waals surface area contributed by atoms with E-state index in [1.54, 1.807) is 0 Å². The number of nitrogens with two attached hydrogens (primary N) is 3. The van der Waals surface area contributed by atoms with Gasteiger partial charge in [-0.05, 0) is 0 Å². The largest absolute Gasteiger partial charge is 0.479 e. The van der Waals surface area contributed by atoms with E-state index in [0.29, 0.717) is 0 Å². The second kappa shape index (κ2) is 25.6. The molecule has 20 N–H and O–H groups in total. The fourth-order valence-electron chi connectivity index (χ4n) is 7.98. The molecule has 25 atom stereocenters. The fourth-order valence-corrected chi connectivity index (χ4v) is 9.91. The Morgan fingerprint density at radius 2 is 0.769 bits per heavy atom. The van der Waals surface area contributed by atoms with E-state index in [-0.39, 0.29) is 0 Å². The Morgan fingerprint density at radius 1 is 0.372 bits per heavy atom. The summed E-state index contributed by atoms with van der Waals surface area (Å²) in [5, 5.41) is 96.1. The van der Waals surface area contributed by atoms with Crippen molar-refractivity contribution >= 4 is 63.9 Å². The Labute approximate surface area is 437 Å². The lowest BCUT2D eigenvalue weighted by molar-refractivity contribution is -0.371. The lowest BCUT2D eigenvalue weighted by Gasteiger charge is -2.50. The summed E-state index contributed by atoms with van der Waals surface area (Å²) >= 11 is 0. The van der Waals surface area contributed by atoms with Gasteiger partial charge < -0.3 is 106 Å². The average molecular weight is 1250 g/mol. The van der Waals surface area contributed by atoms with Crippen LogP contribution in [0.3, 0.4) is 0 Å². The maximum Gasteiger partial charge on any atom is 0.397 e. The number of hydrogen-bond donors (Lipinski definition) is 17. The maximum absolute atomic E-state index is 12.7. The highest BCUT2D eigenvalue weighted by Crippen LogP contribution is 2.37. The predicted molar refractivity (Wildman–Crippen MR) is 226 cm³/mol. The van der Waals surface area contributed by atoms with E-state index in [9.17, 15) is 111 Å². The summed E-state index contributed by atoms with van der Waals surface area (Å²) in [6.07, 6.45) is -55.2. The van der Waals surface area contributed by atoms with Crippen molar-refractivity contribution in [2.24, 2.45) is 17.2 Å². The Bertz CT molecular complexity index is 2660. The Morgan fingerprint density at radius 3 is 1.24 bits per heavy atom. The van der Waals surface area contributed by atoms with Crippen molar-refractivity contribution in [3.63, 3.8) is 0 Å². The monoisotopic (exact) mass is 1250 g/mol. The molecule has 0 unspecified atom stereocenters. The van der Waals surface area contributed by atoms with Crippen molar-refractivity contribution in [1.82, 2.24) is 0 Å². The van der Waals surface area contributed by atoms with Gasteiger partial charge in [-0.2, -0.15) is 42.1 Å². The number of carboxylic acid groups (broad SMARTS) is 2. The van der Waals surface area contributed by atoms with E-state index in [0.717, 1.165) is 0 Å². The van der Waals surface area contributed by atoms with Crippen LogP contribution in [0.2, 0.25) is 0 Å². The highest BCUT2D eigenvalue weighted by molar-refractivity contribution is 7.81. The minimum Gasteiger partial charge on any atom is -0.479 e. The second-order valence-corrected chi connectivity index (χ2v) is 22.2. The third-order valence-corrected chi connectivity index (χ3v) is 13.7. The van der Waals surface area contributed by atoms with Crippen molar-refractivity contribution < 1.29 is 184 Å². The molecule has 0 aromatic heterocycles. The lowest BCUT2D eigenvalue weighted by Crippen LogP contribution is -2.70. The van der Waals surface area contributed by atoms with E-state index < -0.39 is 237 Å². The summed E-state index contributed by atoms with van der Waals surface area (Å²) < 4.78 is 234. The lowest BCUT2D eigenvalue weighted by atomic mass is 9.94. The summed E-state index contributed by atoms with van der Waals surface area (Å²) in [5.74, 6) is -4.40. The van der Waals surface area contributed by atoms with Crippen LogP contribution in [0.5, 0.6) is 0 Å². The van der Waals surface area contributed by atoms with Crippen LogP contribution in [0.15, 0.2) is 0 Å². The van der Waals surface area contributed by atoms with Gasteiger partial charge in [-0.25, -0.2) is 30.5 Å². The first kappa shape index (κ1) is 66.3. The number of aliphatic carboxylic acids is 2. The fraction of sp³-hybridized carbons (Fsp3) is 0.933. The quantitative estimate of drug-likeness (QED) is 0.0422. The molecule has 456 valence electrons. The smallest absolute Gasteiger partial charge is 0.397 e. The zero-order valence-corrected chi connectivity index (χ0v) is 42.3. The molecular weight excluding hydrogens is 1200 g/mol.